The predicted molar refractivity (Wildman–Crippen MR) is 73.4 cm³/mol. The topological polar surface area (TPSA) is 49.8 Å². The lowest BCUT2D eigenvalue weighted by molar-refractivity contribution is 0.419. The molecule has 1 rings (SSSR count). The van der Waals surface area contributed by atoms with E-state index < -0.39 is 0 Å². The van der Waals surface area contributed by atoms with Crippen molar-refractivity contribution in [1.29, 1.82) is 0 Å². The van der Waals surface area contributed by atoms with E-state index in [1.165, 1.54) is 0 Å². The first-order valence-corrected chi connectivity index (χ1v) is 6.53. The van der Waals surface area contributed by atoms with Crippen LogP contribution in [0.2, 0.25) is 0 Å². The zero-order chi connectivity index (χ0) is 12.7. The number of nitrogens with zero attached hydrogens (tertiary/aromatic N) is 2. The van der Waals surface area contributed by atoms with Gasteiger partial charge in [0.1, 0.15) is 18.0 Å². The second-order valence-corrected chi connectivity index (χ2v) is 4.28. The van der Waals surface area contributed by atoms with Crippen LogP contribution in [0.25, 0.3) is 0 Å². The fourth-order valence-corrected chi connectivity index (χ4v) is 1.99. The Labute approximate surface area is 104 Å². The second kappa shape index (κ2) is 6.42. The lowest BCUT2D eigenvalue weighted by Crippen LogP contribution is -2.36. The molecule has 4 nitrogen and oxygen atoms in total. The average Bonchev–Trinajstić information content (AvgIpc) is 2.37. The molecular formula is C13H24N4. The van der Waals surface area contributed by atoms with Gasteiger partial charge in [0.25, 0.3) is 0 Å². The van der Waals surface area contributed by atoms with E-state index in [9.17, 15) is 0 Å². The Balaban J connectivity index is 2.82. The summed E-state index contributed by atoms with van der Waals surface area (Å²) in [6, 6.07) is 1.97. The van der Waals surface area contributed by atoms with Crippen LogP contribution >= 0.6 is 0 Å². The minimum atomic E-state index is 0.151. The number of anilines is 2. The molecule has 0 aromatic carbocycles. The number of rotatable bonds is 7. The first-order chi connectivity index (χ1) is 8.19. The first-order valence-electron chi connectivity index (χ1n) is 6.53. The molecule has 17 heavy (non-hydrogen) atoms. The SMILES string of the molecule is CCNc1cc(NC(CC)(CC)CC)ncn1. The van der Waals surface area contributed by atoms with Crippen LogP contribution < -0.4 is 10.6 Å². The quantitative estimate of drug-likeness (QED) is 0.762. The Hall–Kier alpha value is -1.32. The van der Waals surface area contributed by atoms with Crippen LogP contribution in [0, 0.1) is 0 Å². The number of hydrogen-bond donors (Lipinski definition) is 2. The summed E-state index contributed by atoms with van der Waals surface area (Å²) >= 11 is 0. The molecule has 0 aliphatic heterocycles. The summed E-state index contributed by atoms with van der Waals surface area (Å²) in [7, 11) is 0. The summed E-state index contributed by atoms with van der Waals surface area (Å²) in [5.41, 5.74) is 0.151. The third kappa shape index (κ3) is 3.58. The van der Waals surface area contributed by atoms with Crippen molar-refractivity contribution in [3.63, 3.8) is 0 Å². The molecule has 0 bridgehead atoms. The van der Waals surface area contributed by atoms with Gasteiger partial charge in [-0.15, -0.1) is 0 Å². The van der Waals surface area contributed by atoms with Gasteiger partial charge in [-0.05, 0) is 26.2 Å². The Kier molecular flexibility index (Phi) is 5.19. The smallest absolute Gasteiger partial charge is 0.131 e. The zero-order valence-electron chi connectivity index (χ0n) is 11.4. The Morgan fingerprint density at radius 2 is 1.59 bits per heavy atom. The molecule has 0 saturated carbocycles. The number of aromatic nitrogens is 2. The van der Waals surface area contributed by atoms with Gasteiger partial charge >= 0.3 is 0 Å². The average molecular weight is 236 g/mol. The first kappa shape index (κ1) is 13.7. The third-order valence-corrected chi connectivity index (χ3v) is 3.45. The van der Waals surface area contributed by atoms with Crippen LogP contribution in [0.1, 0.15) is 47.0 Å². The summed E-state index contributed by atoms with van der Waals surface area (Å²) in [6.07, 6.45) is 4.90. The minimum absolute atomic E-state index is 0.151. The van der Waals surface area contributed by atoms with E-state index in [1.807, 2.05) is 6.07 Å². The van der Waals surface area contributed by atoms with Crippen LogP contribution in [0.3, 0.4) is 0 Å². The fraction of sp³-hybridized carbons (Fsp3) is 0.692. The van der Waals surface area contributed by atoms with E-state index in [-0.39, 0.29) is 5.54 Å². The van der Waals surface area contributed by atoms with Crippen molar-refractivity contribution >= 4 is 11.6 Å². The van der Waals surface area contributed by atoms with Gasteiger partial charge in [-0.25, -0.2) is 9.97 Å². The Bertz CT molecular complexity index is 326. The maximum atomic E-state index is 4.29. The molecule has 0 unspecified atom stereocenters. The molecule has 0 spiro atoms. The van der Waals surface area contributed by atoms with Gasteiger partial charge in [0.15, 0.2) is 0 Å². The van der Waals surface area contributed by atoms with Crippen molar-refractivity contribution in [2.45, 2.75) is 52.5 Å². The molecule has 0 saturated heterocycles. The largest absolute Gasteiger partial charge is 0.370 e. The standard InChI is InChI=1S/C13H24N4/c1-5-13(6-2,7-3)17-12-9-11(14-8-4)15-10-16-12/h9-10H,5-8H2,1-4H3,(H2,14,15,16,17). The molecule has 0 atom stereocenters. The normalized spacial score (nSPS) is 11.3. The lowest BCUT2D eigenvalue weighted by Gasteiger charge is -2.32. The lowest BCUT2D eigenvalue weighted by atomic mass is 9.90. The Morgan fingerprint density at radius 3 is 2.12 bits per heavy atom. The van der Waals surface area contributed by atoms with E-state index in [0.717, 1.165) is 37.4 Å². The maximum absolute atomic E-state index is 4.29. The predicted octanol–water partition coefficient (Wildman–Crippen LogP) is 3.29. The fourth-order valence-electron chi connectivity index (χ4n) is 1.99. The van der Waals surface area contributed by atoms with E-state index in [2.05, 4.69) is 48.3 Å². The van der Waals surface area contributed by atoms with Crippen molar-refractivity contribution in [1.82, 2.24) is 9.97 Å². The van der Waals surface area contributed by atoms with Gasteiger partial charge in [-0.3, -0.25) is 0 Å². The summed E-state index contributed by atoms with van der Waals surface area (Å²) in [5, 5.41) is 6.75. The molecule has 0 amide bonds. The molecule has 1 aromatic rings. The third-order valence-electron chi connectivity index (χ3n) is 3.45. The van der Waals surface area contributed by atoms with Gasteiger partial charge < -0.3 is 10.6 Å². The zero-order valence-corrected chi connectivity index (χ0v) is 11.4. The molecule has 4 heteroatoms. The van der Waals surface area contributed by atoms with Crippen LogP contribution in [0.5, 0.6) is 0 Å². The highest BCUT2D eigenvalue weighted by molar-refractivity contribution is 5.47. The molecule has 96 valence electrons. The summed E-state index contributed by atoms with van der Waals surface area (Å²) in [5.74, 6) is 1.78. The molecule has 1 heterocycles. The maximum Gasteiger partial charge on any atom is 0.131 e. The second-order valence-electron chi connectivity index (χ2n) is 4.28. The van der Waals surface area contributed by atoms with Gasteiger partial charge in [-0.1, -0.05) is 20.8 Å². The molecule has 1 aromatic heterocycles. The van der Waals surface area contributed by atoms with E-state index >= 15 is 0 Å². The molecule has 0 fully saturated rings. The molecule has 2 N–H and O–H groups in total. The molecular weight excluding hydrogens is 212 g/mol. The summed E-state index contributed by atoms with van der Waals surface area (Å²) in [4.78, 5) is 8.46. The van der Waals surface area contributed by atoms with Crippen LogP contribution in [0.4, 0.5) is 11.6 Å². The minimum Gasteiger partial charge on any atom is -0.370 e. The van der Waals surface area contributed by atoms with Crippen LogP contribution in [-0.4, -0.2) is 22.1 Å². The van der Waals surface area contributed by atoms with Crippen molar-refractivity contribution in [2.75, 3.05) is 17.2 Å². The Morgan fingerprint density at radius 1 is 1.00 bits per heavy atom. The highest BCUT2D eigenvalue weighted by Gasteiger charge is 2.23. The van der Waals surface area contributed by atoms with Gasteiger partial charge in [-0.2, -0.15) is 0 Å². The van der Waals surface area contributed by atoms with Crippen LogP contribution in [-0.2, 0) is 0 Å². The van der Waals surface area contributed by atoms with Crippen molar-refractivity contribution in [3.05, 3.63) is 12.4 Å². The number of hydrogen-bond acceptors (Lipinski definition) is 4. The summed E-state index contributed by atoms with van der Waals surface area (Å²) in [6.45, 7) is 9.58. The number of nitrogens with one attached hydrogen (secondary N) is 2. The van der Waals surface area contributed by atoms with Crippen molar-refractivity contribution in [2.24, 2.45) is 0 Å². The highest BCUT2D eigenvalue weighted by Crippen LogP contribution is 2.24. The summed E-state index contributed by atoms with van der Waals surface area (Å²) < 4.78 is 0. The van der Waals surface area contributed by atoms with Gasteiger partial charge in [0.05, 0.1) is 0 Å². The molecule has 0 aliphatic carbocycles. The van der Waals surface area contributed by atoms with E-state index in [0.29, 0.717) is 0 Å². The molecule has 0 aliphatic rings. The van der Waals surface area contributed by atoms with Crippen molar-refractivity contribution in [3.8, 4) is 0 Å². The molecule has 0 radical (unpaired) electrons. The van der Waals surface area contributed by atoms with E-state index in [1.54, 1.807) is 6.33 Å². The van der Waals surface area contributed by atoms with E-state index in [4.69, 9.17) is 0 Å². The monoisotopic (exact) mass is 236 g/mol. The van der Waals surface area contributed by atoms with Crippen LogP contribution in [0.15, 0.2) is 12.4 Å². The van der Waals surface area contributed by atoms with Gasteiger partial charge in [0.2, 0.25) is 0 Å². The highest BCUT2D eigenvalue weighted by atomic mass is 15.1. The van der Waals surface area contributed by atoms with Gasteiger partial charge in [0, 0.05) is 18.2 Å². The van der Waals surface area contributed by atoms with Crippen molar-refractivity contribution < 1.29 is 0 Å².